The normalized spacial score (nSPS) is 12.2. The van der Waals surface area contributed by atoms with Crippen LogP contribution in [0.4, 0.5) is 28.4 Å². The SMILES string of the molecule is CCN1[CH-]N(c2c(O)ccc3oc4ccccc4c23)c2ccccc21.Cc1ccccc1N[CH-]Nc1c(O)ccc2oc3ccccc3c12.[Pt+2]. The Labute approximate surface area is 303 Å². The number of para-hydroxylation sites is 5. The van der Waals surface area contributed by atoms with Crippen molar-refractivity contribution in [3.8, 4) is 11.5 Å². The molecule has 8 aromatic rings. The summed E-state index contributed by atoms with van der Waals surface area (Å²) in [4.78, 5) is 4.23. The Morgan fingerprint density at radius 3 is 1.92 bits per heavy atom. The zero-order valence-electron chi connectivity index (χ0n) is 27.3. The van der Waals surface area contributed by atoms with E-state index in [0.29, 0.717) is 5.69 Å². The third kappa shape index (κ3) is 5.75. The summed E-state index contributed by atoms with van der Waals surface area (Å²) in [5.41, 5.74) is 8.85. The summed E-state index contributed by atoms with van der Waals surface area (Å²) in [7, 11) is 0. The van der Waals surface area contributed by atoms with Crippen LogP contribution < -0.4 is 20.4 Å². The van der Waals surface area contributed by atoms with E-state index in [1.54, 1.807) is 24.9 Å². The fourth-order valence-corrected chi connectivity index (χ4v) is 6.51. The van der Waals surface area contributed by atoms with Gasteiger partial charge in [0.1, 0.15) is 33.8 Å². The predicted octanol–water partition coefficient (Wildman–Crippen LogP) is 10.6. The number of nitrogens with one attached hydrogen (secondary N) is 2. The minimum absolute atomic E-state index is 0. The van der Waals surface area contributed by atoms with E-state index in [-0.39, 0.29) is 32.6 Å². The Bertz CT molecular complexity index is 2470. The van der Waals surface area contributed by atoms with Crippen molar-refractivity contribution in [2.45, 2.75) is 13.8 Å². The van der Waals surface area contributed by atoms with Gasteiger partial charge in [-0.25, -0.2) is 0 Å². The zero-order valence-corrected chi connectivity index (χ0v) is 29.6. The third-order valence-corrected chi connectivity index (χ3v) is 8.89. The standard InChI is InChI=1S/C21H17N2O2.C20H17N2O2.Pt/c1-2-22-13-23(16-9-5-4-8-15(16)22)21-17(24)11-12-19-20(21)14-7-3-6-10-18(14)25-19;1-13-6-2-4-8-15(13)21-12-22-20-16(23)10-11-18-19(20)14-7-3-5-9-17(14)24-18;/h3-13,24H,2H2,1H3;2-12,21-23H,1H3;/q2*-1;+2. The molecule has 0 fully saturated rings. The van der Waals surface area contributed by atoms with E-state index in [1.165, 1.54) is 0 Å². The van der Waals surface area contributed by atoms with E-state index >= 15 is 0 Å². The van der Waals surface area contributed by atoms with Crippen LogP contribution in [0.15, 0.2) is 130 Å². The smallest absolute Gasteiger partial charge is 0.516 e. The number of hydrogen-bond donors (Lipinski definition) is 4. The van der Waals surface area contributed by atoms with Gasteiger partial charge in [0, 0.05) is 27.8 Å². The minimum Gasteiger partial charge on any atom is -0.516 e. The molecule has 0 saturated carbocycles. The van der Waals surface area contributed by atoms with E-state index in [2.05, 4.69) is 39.5 Å². The van der Waals surface area contributed by atoms with Gasteiger partial charge in [-0.05, 0) is 80.6 Å². The molecule has 2 aromatic heterocycles. The molecule has 0 amide bonds. The van der Waals surface area contributed by atoms with Gasteiger partial charge in [-0.3, -0.25) is 0 Å². The summed E-state index contributed by atoms with van der Waals surface area (Å²) in [6.07, 6.45) is 0. The van der Waals surface area contributed by atoms with Crippen molar-refractivity contribution >= 4 is 72.3 Å². The number of aryl methyl sites for hydroxylation is 1. The monoisotopic (exact) mass is 841 g/mol. The first-order chi connectivity index (χ1) is 24.0. The van der Waals surface area contributed by atoms with Crippen LogP contribution in [0.3, 0.4) is 0 Å². The van der Waals surface area contributed by atoms with Crippen molar-refractivity contribution in [2.24, 2.45) is 0 Å². The maximum absolute atomic E-state index is 10.7. The Kier molecular flexibility index (Phi) is 9.04. The number of rotatable bonds is 6. The number of anilines is 5. The number of hydrogen-bond acceptors (Lipinski definition) is 8. The first kappa shape index (κ1) is 32.9. The molecule has 6 aromatic carbocycles. The summed E-state index contributed by atoms with van der Waals surface area (Å²) in [5, 5.41) is 31.1. The van der Waals surface area contributed by atoms with Gasteiger partial charge in [0.25, 0.3) is 0 Å². The average Bonchev–Trinajstić information content (AvgIpc) is 3.82. The molecule has 0 aliphatic carbocycles. The Morgan fingerprint density at radius 2 is 1.22 bits per heavy atom. The fraction of sp³-hybridized carbons (Fsp3) is 0.0732. The Balaban J connectivity index is 0.000000154. The number of phenols is 2. The molecule has 9 rings (SSSR count). The van der Waals surface area contributed by atoms with E-state index in [1.807, 2.05) is 105 Å². The first-order valence-electron chi connectivity index (χ1n) is 16.2. The summed E-state index contributed by atoms with van der Waals surface area (Å²) < 4.78 is 11.8. The molecule has 1 aliphatic heterocycles. The number of benzene rings is 6. The van der Waals surface area contributed by atoms with Crippen LogP contribution in [0.1, 0.15) is 12.5 Å². The maximum Gasteiger partial charge on any atom is 2.00 e. The zero-order chi connectivity index (χ0) is 33.5. The molecule has 0 bridgehead atoms. The maximum atomic E-state index is 10.7. The fourth-order valence-electron chi connectivity index (χ4n) is 6.51. The molecule has 3 heterocycles. The second kappa shape index (κ2) is 13.7. The number of nitrogens with zero attached hydrogens (tertiary/aromatic N) is 2. The predicted molar refractivity (Wildman–Crippen MR) is 199 cm³/mol. The van der Waals surface area contributed by atoms with E-state index in [4.69, 9.17) is 8.83 Å². The van der Waals surface area contributed by atoms with Gasteiger partial charge < -0.3 is 39.5 Å². The average molecular weight is 842 g/mol. The summed E-state index contributed by atoms with van der Waals surface area (Å²) in [6, 6.07) is 38.9. The van der Waals surface area contributed by atoms with Gasteiger partial charge >= 0.3 is 21.1 Å². The summed E-state index contributed by atoms with van der Waals surface area (Å²) in [6.45, 7) is 8.78. The third-order valence-electron chi connectivity index (χ3n) is 8.89. The van der Waals surface area contributed by atoms with Crippen molar-refractivity contribution < 1.29 is 40.1 Å². The van der Waals surface area contributed by atoms with Crippen LogP contribution in [0.2, 0.25) is 0 Å². The molecule has 4 N–H and O–H groups in total. The summed E-state index contributed by atoms with van der Waals surface area (Å²) >= 11 is 0. The topological polar surface area (TPSA) is 97.3 Å². The molecule has 252 valence electrons. The Hall–Kier alpha value is -5.59. The molecule has 0 radical (unpaired) electrons. The molecule has 50 heavy (non-hydrogen) atoms. The largest absolute Gasteiger partial charge is 2.00 e. The molecule has 0 spiro atoms. The second-order valence-electron chi connectivity index (χ2n) is 11.8. The van der Waals surface area contributed by atoms with Gasteiger partial charge in [-0.15, -0.1) is 6.67 Å². The molecular weight excluding hydrogens is 808 g/mol. The first-order valence-corrected chi connectivity index (χ1v) is 16.2. The van der Waals surface area contributed by atoms with Crippen LogP contribution in [-0.2, 0) is 21.1 Å². The molecule has 1 aliphatic rings. The number of furan rings is 2. The van der Waals surface area contributed by atoms with Crippen molar-refractivity contribution in [2.75, 3.05) is 27.0 Å². The van der Waals surface area contributed by atoms with E-state index < -0.39 is 0 Å². The van der Waals surface area contributed by atoms with E-state index in [0.717, 1.165) is 78.7 Å². The van der Waals surface area contributed by atoms with Crippen LogP contribution in [-0.4, -0.2) is 16.8 Å². The molecule has 0 atom stereocenters. The molecule has 9 heteroatoms. The van der Waals surface area contributed by atoms with Crippen LogP contribution in [0.5, 0.6) is 11.5 Å². The van der Waals surface area contributed by atoms with Crippen molar-refractivity contribution in [1.82, 2.24) is 0 Å². The van der Waals surface area contributed by atoms with Crippen LogP contribution >= 0.6 is 0 Å². The molecule has 8 nitrogen and oxygen atoms in total. The van der Waals surface area contributed by atoms with Gasteiger partial charge in [0.2, 0.25) is 0 Å². The Morgan fingerprint density at radius 1 is 0.640 bits per heavy atom. The number of phenolic OH excluding ortho intramolecular Hbond substituents is 2. The molecule has 0 unspecified atom stereocenters. The van der Waals surface area contributed by atoms with Gasteiger partial charge in [0.15, 0.2) is 0 Å². The van der Waals surface area contributed by atoms with Crippen molar-refractivity contribution in [1.29, 1.82) is 0 Å². The van der Waals surface area contributed by atoms with Crippen LogP contribution in [0.25, 0.3) is 43.9 Å². The number of fused-ring (bicyclic) bond motifs is 7. The molecular formula is C41H34N4O4Pt. The van der Waals surface area contributed by atoms with Crippen molar-refractivity contribution in [3.63, 3.8) is 0 Å². The minimum atomic E-state index is 0. The van der Waals surface area contributed by atoms with E-state index in [9.17, 15) is 10.2 Å². The number of aromatic hydroxyl groups is 2. The van der Waals surface area contributed by atoms with Crippen molar-refractivity contribution in [3.05, 3.63) is 140 Å². The van der Waals surface area contributed by atoms with Gasteiger partial charge in [-0.2, -0.15) is 6.67 Å². The van der Waals surface area contributed by atoms with Crippen LogP contribution in [0, 0.1) is 20.3 Å². The quantitative estimate of drug-likeness (QED) is 0.0971. The second-order valence-corrected chi connectivity index (χ2v) is 11.8. The van der Waals surface area contributed by atoms with Gasteiger partial charge in [-0.1, -0.05) is 66.7 Å². The molecule has 0 saturated heterocycles. The summed E-state index contributed by atoms with van der Waals surface area (Å²) in [5.74, 6) is 0.417. The van der Waals surface area contributed by atoms with Gasteiger partial charge in [0.05, 0.1) is 22.1 Å².